The maximum atomic E-state index is 11.7. The topological polar surface area (TPSA) is 76.1 Å². The largest absolute Gasteiger partial charge is 0.481 e. The zero-order valence-corrected chi connectivity index (χ0v) is 11.9. The number of carbonyl (C=O) groups excluding carboxylic acids is 1. The zero-order chi connectivity index (χ0) is 14.9. The molecule has 0 saturated carbocycles. The molecule has 0 aromatic carbocycles. The first-order chi connectivity index (χ1) is 10.3. The Hall–Kier alpha value is -2.63. The Morgan fingerprint density at radius 3 is 2.86 bits per heavy atom. The van der Waals surface area contributed by atoms with E-state index in [1.165, 1.54) is 0 Å². The van der Waals surface area contributed by atoms with Crippen molar-refractivity contribution in [3.05, 3.63) is 54.0 Å². The molecule has 2 heterocycles. The van der Waals surface area contributed by atoms with Crippen molar-refractivity contribution in [3.8, 4) is 5.88 Å². The molecule has 2 aromatic rings. The number of urea groups is 1. The number of carbonyl (C=O) groups is 1. The number of aromatic nitrogens is 2. The molecule has 0 aliphatic heterocycles. The van der Waals surface area contributed by atoms with Crippen LogP contribution in [0.5, 0.6) is 5.88 Å². The number of ether oxygens (including phenoxy) is 1. The van der Waals surface area contributed by atoms with E-state index in [1.54, 1.807) is 31.8 Å². The Balaban J connectivity index is 1.72. The van der Waals surface area contributed by atoms with Crippen molar-refractivity contribution < 1.29 is 9.53 Å². The van der Waals surface area contributed by atoms with Crippen LogP contribution < -0.4 is 15.4 Å². The normalized spacial score (nSPS) is 9.95. The third kappa shape index (κ3) is 4.76. The molecular weight excluding hydrogens is 268 g/mol. The quantitative estimate of drug-likeness (QED) is 0.844. The average Bonchev–Trinajstić information content (AvgIpc) is 2.54. The minimum Gasteiger partial charge on any atom is -0.481 e. The van der Waals surface area contributed by atoms with Crippen molar-refractivity contribution in [3.63, 3.8) is 0 Å². The average molecular weight is 286 g/mol. The second-order valence-corrected chi connectivity index (χ2v) is 4.39. The maximum Gasteiger partial charge on any atom is 0.315 e. The van der Waals surface area contributed by atoms with Crippen LogP contribution in [-0.4, -0.2) is 29.7 Å². The zero-order valence-electron chi connectivity index (χ0n) is 11.9. The van der Waals surface area contributed by atoms with Crippen molar-refractivity contribution in [1.29, 1.82) is 0 Å². The first-order valence-corrected chi connectivity index (χ1v) is 6.68. The molecule has 0 saturated heterocycles. The molecule has 21 heavy (non-hydrogen) atoms. The van der Waals surface area contributed by atoms with E-state index in [4.69, 9.17) is 4.74 Å². The van der Waals surface area contributed by atoms with Gasteiger partial charge in [0.15, 0.2) is 0 Å². The summed E-state index contributed by atoms with van der Waals surface area (Å²) >= 11 is 0. The van der Waals surface area contributed by atoms with Crippen molar-refractivity contribution in [2.45, 2.75) is 13.0 Å². The molecule has 0 fully saturated rings. The highest BCUT2D eigenvalue weighted by atomic mass is 16.5. The summed E-state index contributed by atoms with van der Waals surface area (Å²) in [5.41, 5.74) is 1.93. The molecule has 0 bridgehead atoms. The van der Waals surface area contributed by atoms with Gasteiger partial charge in [0.1, 0.15) is 0 Å². The monoisotopic (exact) mass is 286 g/mol. The van der Waals surface area contributed by atoms with Crippen molar-refractivity contribution >= 4 is 6.03 Å². The van der Waals surface area contributed by atoms with Gasteiger partial charge in [-0.25, -0.2) is 9.78 Å². The third-order valence-electron chi connectivity index (χ3n) is 2.90. The molecular formula is C15H18N4O2. The minimum absolute atomic E-state index is 0.218. The van der Waals surface area contributed by atoms with Crippen molar-refractivity contribution in [1.82, 2.24) is 20.6 Å². The number of nitrogens with zero attached hydrogens (tertiary/aromatic N) is 2. The molecule has 2 aromatic heterocycles. The van der Waals surface area contributed by atoms with Gasteiger partial charge >= 0.3 is 6.03 Å². The first-order valence-electron chi connectivity index (χ1n) is 6.68. The van der Waals surface area contributed by atoms with Crippen LogP contribution >= 0.6 is 0 Å². The summed E-state index contributed by atoms with van der Waals surface area (Å²) in [4.78, 5) is 19.8. The van der Waals surface area contributed by atoms with Crippen LogP contribution in [0, 0.1) is 0 Å². The fraction of sp³-hybridized carbons (Fsp3) is 0.267. The van der Waals surface area contributed by atoms with E-state index in [0.29, 0.717) is 19.0 Å². The van der Waals surface area contributed by atoms with Gasteiger partial charge < -0.3 is 15.4 Å². The van der Waals surface area contributed by atoms with Gasteiger partial charge in [0.2, 0.25) is 5.88 Å². The summed E-state index contributed by atoms with van der Waals surface area (Å²) in [6.45, 7) is 0.928. The number of rotatable bonds is 6. The lowest BCUT2D eigenvalue weighted by molar-refractivity contribution is 0.240. The van der Waals surface area contributed by atoms with Gasteiger partial charge in [-0.2, -0.15) is 0 Å². The van der Waals surface area contributed by atoms with E-state index in [1.807, 2.05) is 18.2 Å². The number of pyridine rings is 2. The Morgan fingerprint density at radius 2 is 2.10 bits per heavy atom. The smallest absolute Gasteiger partial charge is 0.315 e. The van der Waals surface area contributed by atoms with Crippen LogP contribution in [0.4, 0.5) is 4.79 Å². The van der Waals surface area contributed by atoms with Crippen LogP contribution in [0.2, 0.25) is 0 Å². The Kier molecular flexibility index (Phi) is 5.51. The maximum absolute atomic E-state index is 11.7. The number of hydrogen-bond acceptors (Lipinski definition) is 4. The summed E-state index contributed by atoms with van der Waals surface area (Å²) in [7, 11) is 1.56. The standard InChI is InChI=1S/C15H18N4O2/c1-21-14-13(5-3-8-17-14)11-19-15(20)18-9-6-12-4-2-7-16-10-12/h2-5,7-8,10H,6,9,11H2,1H3,(H2,18,19,20). The van der Waals surface area contributed by atoms with Gasteiger partial charge in [-0.3, -0.25) is 4.98 Å². The number of hydrogen-bond donors (Lipinski definition) is 2. The second kappa shape index (κ2) is 7.84. The molecule has 0 unspecified atom stereocenters. The SMILES string of the molecule is COc1ncccc1CNC(=O)NCCc1cccnc1. The van der Waals surface area contributed by atoms with Crippen molar-refractivity contribution in [2.24, 2.45) is 0 Å². The summed E-state index contributed by atoms with van der Waals surface area (Å²) in [6, 6.07) is 7.31. The van der Waals surface area contributed by atoms with Crippen LogP contribution in [0.3, 0.4) is 0 Å². The molecule has 0 aliphatic rings. The van der Waals surface area contributed by atoms with E-state index in [2.05, 4.69) is 20.6 Å². The summed E-state index contributed by atoms with van der Waals surface area (Å²) in [5.74, 6) is 0.521. The number of methoxy groups -OCH3 is 1. The number of nitrogens with one attached hydrogen (secondary N) is 2. The van der Waals surface area contributed by atoms with Crippen LogP contribution in [0.25, 0.3) is 0 Å². The molecule has 0 aliphatic carbocycles. The highest BCUT2D eigenvalue weighted by molar-refractivity contribution is 5.73. The lowest BCUT2D eigenvalue weighted by Crippen LogP contribution is -2.36. The van der Waals surface area contributed by atoms with E-state index < -0.39 is 0 Å². The molecule has 6 heteroatoms. The Bertz CT molecular complexity index is 575. The predicted octanol–water partition coefficient (Wildman–Crippen LogP) is 1.53. The lowest BCUT2D eigenvalue weighted by atomic mass is 10.2. The fourth-order valence-electron chi connectivity index (χ4n) is 1.85. The summed E-state index contributed by atoms with van der Waals surface area (Å²) < 4.78 is 5.13. The van der Waals surface area contributed by atoms with Gasteiger partial charge in [-0.1, -0.05) is 12.1 Å². The van der Waals surface area contributed by atoms with Crippen LogP contribution in [0.1, 0.15) is 11.1 Å². The molecule has 0 spiro atoms. The van der Waals surface area contributed by atoms with E-state index in [0.717, 1.165) is 17.5 Å². The molecule has 6 nitrogen and oxygen atoms in total. The molecule has 2 N–H and O–H groups in total. The van der Waals surface area contributed by atoms with E-state index in [-0.39, 0.29) is 6.03 Å². The van der Waals surface area contributed by atoms with E-state index in [9.17, 15) is 4.79 Å². The van der Waals surface area contributed by atoms with Crippen LogP contribution in [0.15, 0.2) is 42.9 Å². The lowest BCUT2D eigenvalue weighted by Gasteiger charge is -2.09. The minimum atomic E-state index is -0.218. The highest BCUT2D eigenvalue weighted by Gasteiger charge is 2.05. The Morgan fingerprint density at radius 1 is 1.24 bits per heavy atom. The first kappa shape index (κ1) is 14.8. The highest BCUT2D eigenvalue weighted by Crippen LogP contribution is 2.12. The van der Waals surface area contributed by atoms with Gasteiger partial charge in [-0.15, -0.1) is 0 Å². The fourth-order valence-corrected chi connectivity index (χ4v) is 1.85. The summed E-state index contributed by atoms with van der Waals surface area (Å²) in [6.07, 6.45) is 5.92. The molecule has 110 valence electrons. The number of amides is 2. The van der Waals surface area contributed by atoms with Gasteiger partial charge in [0, 0.05) is 37.2 Å². The molecule has 2 rings (SSSR count). The molecule has 0 atom stereocenters. The van der Waals surface area contributed by atoms with Gasteiger partial charge in [0.05, 0.1) is 7.11 Å². The predicted molar refractivity (Wildman–Crippen MR) is 79.0 cm³/mol. The van der Waals surface area contributed by atoms with Crippen molar-refractivity contribution in [2.75, 3.05) is 13.7 Å². The van der Waals surface area contributed by atoms with Gasteiger partial charge in [-0.05, 0) is 24.1 Å². The summed E-state index contributed by atoms with van der Waals surface area (Å²) in [5, 5.41) is 5.57. The Labute approximate surface area is 123 Å². The van der Waals surface area contributed by atoms with Crippen LogP contribution in [-0.2, 0) is 13.0 Å². The second-order valence-electron chi connectivity index (χ2n) is 4.39. The van der Waals surface area contributed by atoms with E-state index >= 15 is 0 Å². The van der Waals surface area contributed by atoms with Gasteiger partial charge in [0.25, 0.3) is 0 Å². The third-order valence-corrected chi connectivity index (χ3v) is 2.90. The molecule has 2 amide bonds. The molecule has 0 radical (unpaired) electrons.